The van der Waals surface area contributed by atoms with E-state index in [9.17, 15) is 4.79 Å². The highest BCUT2D eigenvalue weighted by Gasteiger charge is 2.14. The van der Waals surface area contributed by atoms with Crippen LogP contribution in [0.2, 0.25) is 0 Å². The standard InChI is InChI=1S/C23H27N3OS/c1-5-18-10-8-9-17(4)22(18)25-21(27)15-28-23-24-13-14-26(23)20-12-7-6-11-19(20)16(2)3/h6-14,16H,5,15H2,1-4H3,(H,25,27). The molecular weight excluding hydrogens is 366 g/mol. The summed E-state index contributed by atoms with van der Waals surface area (Å²) in [5, 5.41) is 3.91. The van der Waals surface area contributed by atoms with Gasteiger partial charge in [-0.3, -0.25) is 9.36 Å². The van der Waals surface area contributed by atoms with Gasteiger partial charge in [0.05, 0.1) is 11.4 Å². The molecule has 4 nitrogen and oxygen atoms in total. The van der Waals surface area contributed by atoms with Crippen LogP contribution in [0.3, 0.4) is 0 Å². The molecule has 0 bridgehead atoms. The number of para-hydroxylation sites is 2. The predicted molar refractivity (Wildman–Crippen MR) is 118 cm³/mol. The maximum absolute atomic E-state index is 12.6. The summed E-state index contributed by atoms with van der Waals surface area (Å²) < 4.78 is 2.07. The minimum Gasteiger partial charge on any atom is -0.325 e. The molecule has 2 aromatic carbocycles. The fourth-order valence-corrected chi connectivity index (χ4v) is 4.05. The molecule has 1 aromatic heterocycles. The highest BCUT2D eigenvalue weighted by molar-refractivity contribution is 7.99. The summed E-state index contributed by atoms with van der Waals surface area (Å²) in [5.74, 6) is 0.715. The lowest BCUT2D eigenvalue weighted by Gasteiger charge is -2.15. The summed E-state index contributed by atoms with van der Waals surface area (Å²) in [4.78, 5) is 17.1. The lowest BCUT2D eigenvalue weighted by molar-refractivity contribution is -0.113. The smallest absolute Gasteiger partial charge is 0.234 e. The molecule has 0 aliphatic carbocycles. The van der Waals surface area contributed by atoms with E-state index in [0.717, 1.165) is 34.1 Å². The van der Waals surface area contributed by atoms with Gasteiger partial charge in [-0.15, -0.1) is 0 Å². The number of amides is 1. The van der Waals surface area contributed by atoms with Gasteiger partial charge in [0.1, 0.15) is 0 Å². The lowest BCUT2D eigenvalue weighted by Crippen LogP contribution is -2.16. The highest BCUT2D eigenvalue weighted by Crippen LogP contribution is 2.27. The van der Waals surface area contributed by atoms with Crippen molar-refractivity contribution in [2.24, 2.45) is 0 Å². The first kappa shape index (κ1) is 20.2. The first-order valence-corrected chi connectivity index (χ1v) is 10.6. The number of rotatable bonds is 7. The Kier molecular flexibility index (Phi) is 6.57. The van der Waals surface area contributed by atoms with Crippen LogP contribution in [0.1, 0.15) is 43.4 Å². The molecule has 0 radical (unpaired) electrons. The highest BCUT2D eigenvalue weighted by atomic mass is 32.2. The van der Waals surface area contributed by atoms with Crippen LogP contribution in [0.25, 0.3) is 5.69 Å². The molecule has 1 heterocycles. The molecule has 146 valence electrons. The first-order chi connectivity index (χ1) is 13.5. The zero-order valence-corrected chi connectivity index (χ0v) is 17.7. The number of nitrogens with one attached hydrogen (secondary N) is 1. The molecule has 0 saturated carbocycles. The number of nitrogens with zero attached hydrogens (tertiary/aromatic N) is 2. The second-order valence-electron chi connectivity index (χ2n) is 7.09. The van der Waals surface area contributed by atoms with Gasteiger partial charge in [0, 0.05) is 18.1 Å². The van der Waals surface area contributed by atoms with E-state index in [2.05, 4.69) is 59.9 Å². The maximum Gasteiger partial charge on any atom is 0.234 e. The monoisotopic (exact) mass is 393 g/mol. The number of carbonyl (C=O) groups is 1. The van der Waals surface area contributed by atoms with Crippen molar-refractivity contribution in [1.29, 1.82) is 0 Å². The van der Waals surface area contributed by atoms with Gasteiger partial charge in [-0.25, -0.2) is 4.98 Å². The van der Waals surface area contributed by atoms with E-state index in [0.29, 0.717) is 11.7 Å². The van der Waals surface area contributed by atoms with Gasteiger partial charge in [-0.05, 0) is 42.0 Å². The number of thioether (sulfide) groups is 1. The predicted octanol–water partition coefficient (Wildman–Crippen LogP) is 5.60. The SMILES string of the molecule is CCc1cccc(C)c1NC(=O)CSc1nccn1-c1ccccc1C(C)C. The third kappa shape index (κ3) is 4.47. The van der Waals surface area contributed by atoms with Crippen LogP contribution in [-0.4, -0.2) is 21.2 Å². The fraction of sp³-hybridized carbons (Fsp3) is 0.304. The van der Waals surface area contributed by atoms with Crippen LogP contribution in [0, 0.1) is 6.92 Å². The van der Waals surface area contributed by atoms with Crippen molar-refractivity contribution in [1.82, 2.24) is 9.55 Å². The Morgan fingerprint density at radius 2 is 1.96 bits per heavy atom. The molecular formula is C23H27N3OS. The Balaban J connectivity index is 1.74. The summed E-state index contributed by atoms with van der Waals surface area (Å²) in [6.07, 6.45) is 4.63. The normalized spacial score (nSPS) is 11.0. The van der Waals surface area contributed by atoms with Crippen LogP contribution < -0.4 is 5.32 Å². The third-order valence-corrected chi connectivity index (χ3v) is 5.73. The number of anilines is 1. The van der Waals surface area contributed by atoms with Crippen LogP contribution >= 0.6 is 11.8 Å². The Morgan fingerprint density at radius 3 is 2.71 bits per heavy atom. The molecule has 0 aliphatic heterocycles. The minimum absolute atomic E-state index is 0.0132. The second-order valence-corrected chi connectivity index (χ2v) is 8.04. The van der Waals surface area contributed by atoms with Crippen LogP contribution in [0.5, 0.6) is 0 Å². The third-order valence-electron chi connectivity index (χ3n) is 4.76. The average Bonchev–Trinajstić information content (AvgIpc) is 3.16. The van der Waals surface area contributed by atoms with E-state index < -0.39 is 0 Å². The average molecular weight is 394 g/mol. The summed E-state index contributed by atoms with van der Waals surface area (Å²) in [7, 11) is 0. The topological polar surface area (TPSA) is 46.9 Å². The Labute approximate surface area is 171 Å². The van der Waals surface area contributed by atoms with E-state index >= 15 is 0 Å². The molecule has 1 N–H and O–H groups in total. The fourth-order valence-electron chi connectivity index (χ4n) is 3.28. The molecule has 0 atom stereocenters. The molecule has 0 saturated heterocycles. The van der Waals surface area contributed by atoms with E-state index in [1.54, 1.807) is 6.20 Å². The van der Waals surface area contributed by atoms with Gasteiger partial charge >= 0.3 is 0 Å². The zero-order valence-electron chi connectivity index (χ0n) is 16.9. The molecule has 3 rings (SSSR count). The summed E-state index contributed by atoms with van der Waals surface area (Å²) in [5.41, 5.74) is 5.56. The molecule has 0 aliphatic rings. The Morgan fingerprint density at radius 1 is 1.18 bits per heavy atom. The van der Waals surface area contributed by atoms with Gasteiger partial charge in [0.2, 0.25) is 5.91 Å². The van der Waals surface area contributed by atoms with Gasteiger partial charge < -0.3 is 5.32 Å². The van der Waals surface area contributed by atoms with E-state index in [4.69, 9.17) is 0 Å². The largest absolute Gasteiger partial charge is 0.325 e. The quantitative estimate of drug-likeness (QED) is 0.532. The number of hydrogen-bond acceptors (Lipinski definition) is 3. The number of imidazole rings is 1. The first-order valence-electron chi connectivity index (χ1n) is 9.65. The van der Waals surface area contributed by atoms with E-state index in [1.807, 2.05) is 31.3 Å². The number of aromatic nitrogens is 2. The van der Waals surface area contributed by atoms with Crippen molar-refractivity contribution >= 4 is 23.4 Å². The van der Waals surface area contributed by atoms with Gasteiger partial charge in [-0.1, -0.05) is 68.9 Å². The number of aryl methyl sites for hydroxylation is 2. The van der Waals surface area contributed by atoms with Crippen LogP contribution in [0.4, 0.5) is 5.69 Å². The molecule has 0 fully saturated rings. The molecule has 5 heteroatoms. The summed E-state index contributed by atoms with van der Waals surface area (Å²) in [6.45, 7) is 8.49. The minimum atomic E-state index is -0.0132. The Bertz CT molecular complexity index is 962. The van der Waals surface area contributed by atoms with Crippen molar-refractivity contribution in [3.63, 3.8) is 0 Å². The van der Waals surface area contributed by atoms with Crippen LogP contribution in [0.15, 0.2) is 60.0 Å². The van der Waals surface area contributed by atoms with Crippen molar-refractivity contribution in [3.05, 3.63) is 71.5 Å². The van der Waals surface area contributed by atoms with Crippen molar-refractivity contribution in [2.45, 2.75) is 45.2 Å². The van der Waals surface area contributed by atoms with Gasteiger partial charge in [-0.2, -0.15) is 0 Å². The number of benzene rings is 2. The molecule has 3 aromatic rings. The second kappa shape index (κ2) is 9.11. The zero-order chi connectivity index (χ0) is 20.1. The Hall–Kier alpha value is -2.53. The molecule has 0 spiro atoms. The number of carbonyl (C=O) groups excluding carboxylic acids is 1. The van der Waals surface area contributed by atoms with E-state index in [-0.39, 0.29) is 5.91 Å². The maximum atomic E-state index is 12.6. The lowest BCUT2D eigenvalue weighted by atomic mass is 10.0. The van der Waals surface area contributed by atoms with Crippen LogP contribution in [-0.2, 0) is 11.2 Å². The summed E-state index contributed by atoms with van der Waals surface area (Å²) >= 11 is 1.46. The summed E-state index contributed by atoms with van der Waals surface area (Å²) in [6, 6.07) is 14.5. The van der Waals surface area contributed by atoms with E-state index in [1.165, 1.54) is 17.3 Å². The molecule has 28 heavy (non-hydrogen) atoms. The molecule has 0 unspecified atom stereocenters. The van der Waals surface area contributed by atoms with Crippen molar-refractivity contribution in [2.75, 3.05) is 11.1 Å². The number of hydrogen-bond donors (Lipinski definition) is 1. The van der Waals surface area contributed by atoms with Crippen molar-refractivity contribution in [3.8, 4) is 5.69 Å². The van der Waals surface area contributed by atoms with Gasteiger partial charge in [0.15, 0.2) is 5.16 Å². The van der Waals surface area contributed by atoms with Gasteiger partial charge in [0.25, 0.3) is 0 Å². The molecule has 1 amide bonds. The van der Waals surface area contributed by atoms with Crippen molar-refractivity contribution < 1.29 is 4.79 Å².